The van der Waals surface area contributed by atoms with Gasteiger partial charge in [-0.3, -0.25) is 0 Å². The Balaban J connectivity index is 2.05. The maximum absolute atomic E-state index is 5.59. The van der Waals surface area contributed by atoms with E-state index in [1.807, 2.05) is 12.1 Å². The number of methoxy groups -OCH3 is 2. The second-order valence-corrected chi connectivity index (χ2v) is 5.27. The Hall–Kier alpha value is -2.22. The van der Waals surface area contributed by atoms with Crippen molar-refractivity contribution in [2.45, 2.75) is 11.8 Å². The third-order valence-corrected chi connectivity index (χ3v) is 4.43. The standard InChI is InChI=1S/C18H16O2/c1-19-15-9-10-16(20-2)18-14-8-7-13(17(15)18)11-5-3-4-6-12(11)14/h3-10,13-14H,1-2H3. The van der Waals surface area contributed by atoms with Crippen LogP contribution in [-0.2, 0) is 0 Å². The molecule has 20 heavy (non-hydrogen) atoms. The molecule has 3 aliphatic carbocycles. The lowest BCUT2D eigenvalue weighted by atomic mass is 9.67. The number of allylic oxidation sites excluding steroid dienone is 2. The Morgan fingerprint density at radius 1 is 0.700 bits per heavy atom. The minimum atomic E-state index is 0.274. The highest BCUT2D eigenvalue weighted by Crippen LogP contribution is 2.54. The second-order valence-electron chi connectivity index (χ2n) is 5.27. The Morgan fingerprint density at radius 3 is 1.55 bits per heavy atom. The van der Waals surface area contributed by atoms with Crippen molar-refractivity contribution < 1.29 is 9.47 Å². The molecule has 100 valence electrons. The summed E-state index contributed by atoms with van der Waals surface area (Å²) in [5, 5.41) is 0. The highest BCUT2D eigenvalue weighted by Gasteiger charge is 2.37. The molecular formula is C18H16O2. The molecule has 0 heterocycles. The van der Waals surface area contributed by atoms with Crippen molar-refractivity contribution in [3.8, 4) is 11.5 Å². The molecule has 5 rings (SSSR count). The first-order chi connectivity index (χ1) is 9.85. The van der Waals surface area contributed by atoms with Gasteiger partial charge < -0.3 is 9.47 Å². The molecular weight excluding hydrogens is 248 g/mol. The van der Waals surface area contributed by atoms with Gasteiger partial charge in [-0.15, -0.1) is 0 Å². The van der Waals surface area contributed by atoms with Gasteiger partial charge in [0.2, 0.25) is 0 Å². The summed E-state index contributed by atoms with van der Waals surface area (Å²) in [5.74, 6) is 2.46. The lowest BCUT2D eigenvalue weighted by Gasteiger charge is -2.37. The number of hydrogen-bond acceptors (Lipinski definition) is 2. The average molecular weight is 264 g/mol. The summed E-state index contributed by atoms with van der Waals surface area (Å²) in [6, 6.07) is 12.7. The molecule has 3 aliphatic rings. The third kappa shape index (κ3) is 1.34. The van der Waals surface area contributed by atoms with Gasteiger partial charge in [0, 0.05) is 23.0 Å². The Bertz CT molecular complexity index is 655. The molecule has 2 bridgehead atoms. The summed E-state index contributed by atoms with van der Waals surface area (Å²) in [4.78, 5) is 0. The number of ether oxygens (including phenoxy) is 2. The van der Waals surface area contributed by atoms with Crippen LogP contribution in [0.4, 0.5) is 0 Å². The first-order valence-corrected chi connectivity index (χ1v) is 6.87. The maximum atomic E-state index is 5.59. The monoisotopic (exact) mass is 264 g/mol. The summed E-state index contributed by atoms with van der Waals surface area (Å²) in [7, 11) is 3.47. The van der Waals surface area contributed by atoms with E-state index in [0.29, 0.717) is 0 Å². The smallest absolute Gasteiger partial charge is 0.123 e. The number of rotatable bonds is 2. The fraction of sp³-hybridized carbons (Fsp3) is 0.222. The van der Waals surface area contributed by atoms with Crippen molar-refractivity contribution in [2.24, 2.45) is 0 Å². The highest BCUT2D eigenvalue weighted by atomic mass is 16.5. The van der Waals surface area contributed by atoms with E-state index >= 15 is 0 Å². The van der Waals surface area contributed by atoms with Crippen LogP contribution in [0.2, 0.25) is 0 Å². The average Bonchev–Trinajstić information content (AvgIpc) is 2.54. The number of hydrogen-bond donors (Lipinski definition) is 0. The topological polar surface area (TPSA) is 18.5 Å². The van der Waals surface area contributed by atoms with Gasteiger partial charge in [0.25, 0.3) is 0 Å². The van der Waals surface area contributed by atoms with E-state index in [1.54, 1.807) is 14.2 Å². The van der Waals surface area contributed by atoms with Crippen LogP contribution in [-0.4, -0.2) is 14.2 Å². The minimum Gasteiger partial charge on any atom is -0.496 e. The van der Waals surface area contributed by atoms with E-state index < -0.39 is 0 Å². The minimum absolute atomic E-state index is 0.274. The molecule has 2 nitrogen and oxygen atoms in total. The van der Waals surface area contributed by atoms with Gasteiger partial charge in [-0.25, -0.2) is 0 Å². The van der Waals surface area contributed by atoms with Crippen molar-refractivity contribution in [3.63, 3.8) is 0 Å². The summed E-state index contributed by atoms with van der Waals surface area (Å²) >= 11 is 0. The van der Waals surface area contributed by atoms with Gasteiger partial charge >= 0.3 is 0 Å². The molecule has 2 aromatic carbocycles. The molecule has 0 fully saturated rings. The van der Waals surface area contributed by atoms with E-state index in [9.17, 15) is 0 Å². The summed E-state index contributed by atoms with van der Waals surface area (Å²) in [6.07, 6.45) is 4.58. The molecule has 0 spiro atoms. The zero-order chi connectivity index (χ0) is 13.7. The van der Waals surface area contributed by atoms with Crippen molar-refractivity contribution >= 4 is 0 Å². The second kappa shape index (κ2) is 4.14. The lowest BCUT2D eigenvalue weighted by Crippen LogP contribution is -2.22. The fourth-order valence-electron chi connectivity index (χ4n) is 3.60. The third-order valence-electron chi connectivity index (χ3n) is 4.43. The van der Waals surface area contributed by atoms with E-state index in [-0.39, 0.29) is 11.8 Å². The van der Waals surface area contributed by atoms with Gasteiger partial charge in [-0.2, -0.15) is 0 Å². The Morgan fingerprint density at radius 2 is 1.15 bits per heavy atom. The fourth-order valence-corrected chi connectivity index (χ4v) is 3.60. The lowest BCUT2D eigenvalue weighted by molar-refractivity contribution is 0.391. The van der Waals surface area contributed by atoms with Gasteiger partial charge in [0.15, 0.2) is 0 Å². The molecule has 0 aliphatic heterocycles. The molecule has 0 saturated heterocycles. The molecule has 2 aromatic rings. The van der Waals surface area contributed by atoms with Crippen LogP contribution in [0.3, 0.4) is 0 Å². The van der Waals surface area contributed by atoms with Gasteiger partial charge in [-0.05, 0) is 23.3 Å². The van der Waals surface area contributed by atoms with Crippen LogP contribution in [0.1, 0.15) is 34.1 Å². The van der Waals surface area contributed by atoms with Gasteiger partial charge in [-0.1, -0.05) is 36.4 Å². The van der Waals surface area contributed by atoms with Crippen molar-refractivity contribution in [2.75, 3.05) is 14.2 Å². The van der Waals surface area contributed by atoms with Crippen LogP contribution in [0.15, 0.2) is 48.6 Å². The molecule has 2 unspecified atom stereocenters. The summed E-state index contributed by atoms with van der Waals surface area (Å²) in [5.41, 5.74) is 5.30. The molecule has 0 amide bonds. The van der Waals surface area contributed by atoms with Gasteiger partial charge in [0.05, 0.1) is 14.2 Å². The van der Waals surface area contributed by atoms with Crippen LogP contribution in [0.5, 0.6) is 11.5 Å². The molecule has 0 N–H and O–H groups in total. The maximum Gasteiger partial charge on any atom is 0.123 e. The molecule has 0 aromatic heterocycles. The van der Waals surface area contributed by atoms with Crippen molar-refractivity contribution in [1.29, 1.82) is 0 Å². The quantitative estimate of drug-likeness (QED) is 0.767. The predicted molar refractivity (Wildman–Crippen MR) is 78.8 cm³/mol. The zero-order valence-electron chi connectivity index (χ0n) is 11.6. The van der Waals surface area contributed by atoms with E-state index in [2.05, 4.69) is 36.4 Å². The normalized spacial score (nSPS) is 21.3. The summed E-state index contributed by atoms with van der Waals surface area (Å²) < 4.78 is 11.2. The van der Waals surface area contributed by atoms with Crippen LogP contribution in [0, 0.1) is 0 Å². The zero-order valence-corrected chi connectivity index (χ0v) is 11.6. The number of benzene rings is 2. The van der Waals surface area contributed by atoms with Crippen molar-refractivity contribution in [3.05, 3.63) is 70.8 Å². The van der Waals surface area contributed by atoms with Crippen LogP contribution < -0.4 is 9.47 Å². The molecule has 2 atom stereocenters. The van der Waals surface area contributed by atoms with Gasteiger partial charge in [0.1, 0.15) is 11.5 Å². The van der Waals surface area contributed by atoms with Crippen LogP contribution >= 0.6 is 0 Å². The largest absolute Gasteiger partial charge is 0.496 e. The Labute approximate surface area is 118 Å². The van der Waals surface area contributed by atoms with E-state index in [4.69, 9.17) is 9.47 Å². The molecule has 2 heteroatoms. The Kier molecular flexibility index (Phi) is 2.40. The SMILES string of the molecule is COc1ccc(OC)c2c1C1C=CC2c2ccccc21. The summed E-state index contributed by atoms with van der Waals surface area (Å²) in [6.45, 7) is 0. The van der Waals surface area contributed by atoms with E-state index in [0.717, 1.165) is 11.5 Å². The van der Waals surface area contributed by atoms with E-state index in [1.165, 1.54) is 22.3 Å². The first-order valence-electron chi connectivity index (χ1n) is 6.87. The molecule has 0 radical (unpaired) electrons. The van der Waals surface area contributed by atoms with Crippen LogP contribution in [0.25, 0.3) is 0 Å². The highest BCUT2D eigenvalue weighted by molar-refractivity contribution is 5.67. The van der Waals surface area contributed by atoms with Crippen molar-refractivity contribution in [1.82, 2.24) is 0 Å². The molecule has 0 saturated carbocycles. The predicted octanol–water partition coefficient (Wildman–Crippen LogP) is 3.85. The first kappa shape index (κ1) is 11.6.